The van der Waals surface area contributed by atoms with E-state index < -0.39 is 44.6 Å². The molecule has 0 radical (unpaired) electrons. The lowest BCUT2D eigenvalue weighted by atomic mass is 10.1. The number of nitrogens with one attached hydrogen (secondary N) is 2. The number of nitrogen functional groups attached to an aromatic ring is 2. The van der Waals surface area contributed by atoms with Crippen molar-refractivity contribution in [3.05, 3.63) is 66.1 Å². The van der Waals surface area contributed by atoms with E-state index in [4.69, 9.17) is 34.7 Å². The molecular formula is C16H10Cl2F6N4O2. The van der Waals surface area contributed by atoms with Crippen LogP contribution < -0.4 is 22.6 Å². The maximum absolute atomic E-state index is 12.5. The van der Waals surface area contributed by atoms with E-state index in [2.05, 4.69) is 4.98 Å². The second kappa shape index (κ2) is 8.11. The van der Waals surface area contributed by atoms with E-state index in [0.717, 1.165) is 18.2 Å². The molecule has 14 heteroatoms. The standard InChI is InChI=1S/C9H4ClF3N2O2.C7H6ClF3N2/c10-4-2-6-5(1-3(4)9(11,12)13)14-7(16)8(17)15-6;8-4-2-6(13)5(12)1-3(4)7(9,10)11/h1-2H,(H,14,16)(H,15,17);1-2H,12-13H2. The number of hydrogen-bond donors (Lipinski definition) is 4. The minimum Gasteiger partial charge on any atom is -0.397 e. The molecule has 3 aromatic rings. The van der Waals surface area contributed by atoms with Crippen molar-refractivity contribution in [3.63, 3.8) is 0 Å². The number of benzene rings is 2. The number of rotatable bonds is 0. The van der Waals surface area contributed by atoms with Crippen molar-refractivity contribution in [1.82, 2.24) is 9.97 Å². The molecule has 0 amide bonds. The summed E-state index contributed by atoms with van der Waals surface area (Å²) in [6.45, 7) is 0. The molecular weight excluding hydrogens is 465 g/mol. The first-order valence-electron chi connectivity index (χ1n) is 7.56. The number of hydrogen-bond acceptors (Lipinski definition) is 4. The average Bonchev–Trinajstić information content (AvgIpc) is 2.58. The summed E-state index contributed by atoms with van der Waals surface area (Å²) < 4.78 is 74.1. The van der Waals surface area contributed by atoms with E-state index in [1.165, 1.54) is 0 Å². The van der Waals surface area contributed by atoms with Crippen molar-refractivity contribution in [2.45, 2.75) is 12.4 Å². The van der Waals surface area contributed by atoms with Gasteiger partial charge in [-0.15, -0.1) is 0 Å². The molecule has 162 valence electrons. The smallest absolute Gasteiger partial charge is 0.397 e. The monoisotopic (exact) mass is 474 g/mol. The Morgan fingerprint density at radius 1 is 0.667 bits per heavy atom. The Balaban J connectivity index is 0.000000222. The summed E-state index contributed by atoms with van der Waals surface area (Å²) in [6, 6.07) is 3.32. The van der Waals surface area contributed by atoms with Gasteiger partial charge in [0, 0.05) is 0 Å². The van der Waals surface area contributed by atoms with E-state index in [9.17, 15) is 35.9 Å². The SMILES string of the molecule is Nc1cc(Cl)c(C(F)(F)F)cc1N.O=c1[nH]c2cc(Cl)c(C(F)(F)F)cc2[nH]c1=O. The highest BCUT2D eigenvalue weighted by Gasteiger charge is 2.34. The Labute approximate surface area is 172 Å². The van der Waals surface area contributed by atoms with Crippen LogP contribution in [0.25, 0.3) is 11.0 Å². The lowest BCUT2D eigenvalue weighted by Gasteiger charge is -2.10. The van der Waals surface area contributed by atoms with Gasteiger partial charge in [-0.3, -0.25) is 9.59 Å². The maximum Gasteiger partial charge on any atom is 0.417 e. The number of aromatic amines is 2. The molecule has 0 spiro atoms. The molecule has 0 atom stereocenters. The third kappa shape index (κ3) is 5.19. The number of nitrogens with two attached hydrogens (primary N) is 2. The Bertz CT molecular complexity index is 1220. The Kier molecular flexibility index (Phi) is 6.33. The number of halogens is 8. The molecule has 0 unspecified atom stereocenters. The van der Waals surface area contributed by atoms with Gasteiger partial charge in [-0.25, -0.2) is 0 Å². The fourth-order valence-corrected chi connectivity index (χ4v) is 2.73. The number of fused-ring (bicyclic) bond motifs is 1. The van der Waals surface area contributed by atoms with Crippen LogP contribution in [0, 0.1) is 0 Å². The summed E-state index contributed by atoms with van der Waals surface area (Å²) in [6.07, 6.45) is -9.13. The van der Waals surface area contributed by atoms with E-state index in [1.54, 1.807) is 0 Å². The first kappa shape index (κ1) is 23.4. The van der Waals surface area contributed by atoms with Gasteiger partial charge in [-0.2, -0.15) is 26.3 Å². The molecule has 6 N–H and O–H groups in total. The van der Waals surface area contributed by atoms with Gasteiger partial charge < -0.3 is 21.4 Å². The summed E-state index contributed by atoms with van der Waals surface area (Å²) in [5, 5.41) is -0.994. The highest BCUT2D eigenvalue weighted by atomic mass is 35.5. The summed E-state index contributed by atoms with van der Waals surface area (Å²) >= 11 is 10.8. The number of H-pyrrole nitrogens is 2. The van der Waals surface area contributed by atoms with Crippen LogP contribution in [0.5, 0.6) is 0 Å². The largest absolute Gasteiger partial charge is 0.417 e. The molecule has 2 aromatic carbocycles. The van der Waals surface area contributed by atoms with Crippen molar-refractivity contribution < 1.29 is 26.3 Å². The molecule has 0 aliphatic heterocycles. The van der Waals surface area contributed by atoms with Crippen molar-refractivity contribution >= 4 is 45.6 Å². The van der Waals surface area contributed by atoms with Crippen molar-refractivity contribution in [3.8, 4) is 0 Å². The zero-order valence-corrected chi connectivity index (χ0v) is 15.8. The zero-order chi connectivity index (χ0) is 23.0. The first-order chi connectivity index (χ1) is 13.6. The van der Waals surface area contributed by atoms with Gasteiger partial charge in [-0.1, -0.05) is 23.2 Å². The molecule has 1 heterocycles. The third-order valence-corrected chi connectivity index (χ3v) is 4.22. The van der Waals surface area contributed by atoms with Crippen LogP contribution in [0.3, 0.4) is 0 Å². The molecule has 0 saturated heterocycles. The van der Waals surface area contributed by atoms with E-state index in [0.29, 0.717) is 6.07 Å². The molecule has 0 fully saturated rings. The summed E-state index contributed by atoms with van der Waals surface area (Å²) in [7, 11) is 0. The fourth-order valence-electron chi connectivity index (χ4n) is 2.18. The van der Waals surface area contributed by atoms with Gasteiger partial charge in [0.2, 0.25) is 0 Å². The van der Waals surface area contributed by atoms with E-state index >= 15 is 0 Å². The van der Waals surface area contributed by atoms with E-state index in [1.807, 2.05) is 4.98 Å². The van der Waals surface area contributed by atoms with Crippen LogP contribution in [-0.4, -0.2) is 9.97 Å². The zero-order valence-electron chi connectivity index (χ0n) is 14.3. The Morgan fingerprint density at radius 3 is 1.50 bits per heavy atom. The molecule has 0 bridgehead atoms. The predicted octanol–water partition coefficient (Wildman–Crippen LogP) is 4.41. The lowest BCUT2D eigenvalue weighted by molar-refractivity contribution is -0.138. The highest BCUT2D eigenvalue weighted by Crippen LogP contribution is 2.38. The van der Waals surface area contributed by atoms with Crippen LogP contribution in [0.1, 0.15) is 11.1 Å². The van der Waals surface area contributed by atoms with E-state index in [-0.39, 0.29) is 22.4 Å². The fraction of sp³-hybridized carbons (Fsp3) is 0.125. The summed E-state index contributed by atoms with van der Waals surface area (Å²) in [5.41, 5.74) is 6.26. The number of alkyl halides is 6. The Morgan fingerprint density at radius 2 is 1.03 bits per heavy atom. The third-order valence-electron chi connectivity index (χ3n) is 3.59. The molecule has 1 aromatic heterocycles. The molecule has 0 aliphatic carbocycles. The van der Waals surface area contributed by atoms with Gasteiger partial charge in [-0.05, 0) is 24.3 Å². The summed E-state index contributed by atoms with van der Waals surface area (Å²) in [4.78, 5) is 26.1. The minimum absolute atomic E-state index is 0.0348. The van der Waals surface area contributed by atoms with Crippen molar-refractivity contribution in [1.29, 1.82) is 0 Å². The van der Waals surface area contributed by atoms with Gasteiger partial charge in [0.1, 0.15) is 0 Å². The highest BCUT2D eigenvalue weighted by molar-refractivity contribution is 6.32. The average molecular weight is 475 g/mol. The van der Waals surface area contributed by atoms with Gasteiger partial charge >= 0.3 is 23.5 Å². The van der Waals surface area contributed by atoms with Crippen LogP contribution in [0.15, 0.2) is 33.9 Å². The molecule has 6 nitrogen and oxygen atoms in total. The van der Waals surface area contributed by atoms with Crippen LogP contribution in [0.4, 0.5) is 37.7 Å². The van der Waals surface area contributed by atoms with Crippen molar-refractivity contribution in [2.24, 2.45) is 0 Å². The molecule has 0 aliphatic rings. The molecule has 3 rings (SSSR count). The van der Waals surface area contributed by atoms with Gasteiger partial charge in [0.15, 0.2) is 0 Å². The predicted molar refractivity (Wildman–Crippen MR) is 100 cm³/mol. The lowest BCUT2D eigenvalue weighted by Crippen LogP contribution is -2.29. The maximum atomic E-state index is 12.5. The summed E-state index contributed by atoms with van der Waals surface area (Å²) in [5.74, 6) is 0. The number of aromatic nitrogens is 2. The van der Waals surface area contributed by atoms with Crippen molar-refractivity contribution in [2.75, 3.05) is 11.5 Å². The number of anilines is 2. The topological polar surface area (TPSA) is 118 Å². The van der Waals surface area contributed by atoms with Crippen LogP contribution >= 0.6 is 23.2 Å². The van der Waals surface area contributed by atoms with Gasteiger partial charge in [0.25, 0.3) is 0 Å². The van der Waals surface area contributed by atoms with Crippen LogP contribution in [-0.2, 0) is 12.4 Å². The first-order valence-corrected chi connectivity index (χ1v) is 8.31. The van der Waals surface area contributed by atoms with Crippen LogP contribution in [0.2, 0.25) is 10.0 Å². The Hall–Kier alpha value is -2.86. The minimum atomic E-state index is -4.63. The second-order valence-corrected chi connectivity index (χ2v) is 6.56. The quantitative estimate of drug-likeness (QED) is 0.219. The second-order valence-electron chi connectivity index (χ2n) is 5.74. The molecule has 0 saturated carbocycles. The molecule has 30 heavy (non-hydrogen) atoms. The normalized spacial score (nSPS) is 11.9. The van der Waals surface area contributed by atoms with Gasteiger partial charge in [0.05, 0.1) is 43.6 Å².